The number of rotatable bonds is 4. The van der Waals surface area contributed by atoms with Crippen LogP contribution in [0.15, 0.2) is 54.6 Å². The second-order valence-electron chi connectivity index (χ2n) is 4.24. The maximum Gasteiger partial charge on any atom is 0.121 e. The van der Waals surface area contributed by atoms with Crippen molar-refractivity contribution in [3.63, 3.8) is 0 Å². The molecule has 3 heteroatoms. The smallest absolute Gasteiger partial charge is 0.121 e. The average molecular weight is 244 g/mol. The first-order chi connectivity index (χ1) is 8.68. The molecule has 0 aliphatic rings. The Balaban J connectivity index is 2.08. The highest BCUT2D eigenvalue weighted by Gasteiger charge is 2.17. The van der Waals surface area contributed by atoms with E-state index in [1.807, 2.05) is 30.3 Å². The van der Waals surface area contributed by atoms with Crippen molar-refractivity contribution in [2.45, 2.75) is 18.6 Å². The molecule has 0 aliphatic heterocycles. The van der Waals surface area contributed by atoms with Gasteiger partial charge in [-0.15, -0.1) is 0 Å². The van der Waals surface area contributed by atoms with E-state index in [1.165, 1.54) is 6.07 Å². The fraction of sp³-hybridized carbons (Fsp3) is 0.200. The lowest BCUT2D eigenvalue weighted by molar-refractivity contribution is 0.0790. The quantitative estimate of drug-likeness (QED) is 0.774. The Morgan fingerprint density at radius 2 is 1.39 bits per heavy atom. The molecular weight excluding hydrogens is 228 g/mol. The molecular formula is C15H16O3. The Morgan fingerprint density at radius 1 is 0.778 bits per heavy atom. The van der Waals surface area contributed by atoms with Crippen LogP contribution in [0.2, 0.25) is 0 Å². The number of phenolic OH excluding ortho intramolecular Hbond substituents is 1. The van der Waals surface area contributed by atoms with Crippen LogP contribution in [0.25, 0.3) is 0 Å². The molecule has 0 bridgehead atoms. The highest BCUT2D eigenvalue weighted by Crippen LogP contribution is 2.30. The van der Waals surface area contributed by atoms with Gasteiger partial charge in [0, 0.05) is 12.0 Å². The van der Waals surface area contributed by atoms with E-state index in [0.29, 0.717) is 5.56 Å². The lowest BCUT2D eigenvalue weighted by atomic mass is 9.98. The molecule has 0 radical (unpaired) electrons. The van der Waals surface area contributed by atoms with Crippen molar-refractivity contribution in [3.05, 3.63) is 65.7 Å². The zero-order chi connectivity index (χ0) is 13.0. The second kappa shape index (κ2) is 5.67. The number of phenols is 1. The summed E-state index contributed by atoms with van der Waals surface area (Å²) in [5.41, 5.74) is 1.19. The molecule has 3 N–H and O–H groups in total. The van der Waals surface area contributed by atoms with Crippen molar-refractivity contribution < 1.29 is 15.3 Å². The Hall–Kier alpha value is -1.84. The van der Waals surface area contributed by atoms with Gasteiger partial charge in [-0.25, -0.2) is 0 Å². The van der Waals surface area contributed by atoms with Crippen molar-refractivity contribution in [3.8, 4) is 5.75 Å². The van der Waals surface area contributed by atoms with Crippen molar-refractivity contribution in [2.24, 2.45) is 0 Å². The monoisotopic (exact) mass is 244 g/mol. The lowest BCUT2D eigenvalue weighted by Crippen LogP contribution is -2.05. The summed E-state index contributed by atoms with van der Waals surface area (Å²) in [5.74, 6) is 0.0465. The zero-order valence-corrected chi connectivity index (χ0v) is 9.90. The van der Waals surface area contributed by atoms with Crippen LogP contribution in [0.3, 0.4) is 0 Å². The Kier molecular flexibility index (Phi) is 3.97. The molecule has 94 valence electrons. The normalized spacial score (nSPS) is 14.1. The van der Waals surface area contributed by atoms with Crippen molar-refractivity contribution in [2.75, 3.05) is 0 Å². The maximum atomic E-state index is 10.0. The predicted octanol–water partition coefficient (Wildman–Crippen LogP) is 2.55. The van der Waals surface area contributed by atoms with Gasteiger partial charge in [-0.1, -0.05) is 48.5 Å². The number of aliphatic hydroxyl groups is 2. The Bertz CT molecular complexity index is 496. The molecule has 2 unspecified atom stereocenters. The largest absolute Gasteiger partial charge is 0.508 e. The molecule has 2 aromatic rings. The summed E-state index contributed by atoms with van der Waals surface area (Å²) >= 11 is 0. The van der Waals surface area contributed by atoms with Crippen LogP contribution in [0.1, 0.15) is 29.8 Å². The minimum atomic E-state index is -0.888. The third kappa shape index (κ3) is 2.88. The van der Waals surface area contributed by atoms with Crippen LogP contribution in [0, 0.1) is 0 Å². The van der Waals surface area contributed by atoms with Crippen molar-refractivity contribution >= 4 is 0 Å². The van der Waals surface area contributed by atoms with E-state index < -0.39 is 12.2 Å². The minimum absolute atomic E-state index is 0.0465. The van der Waals surface area contributed by atoms with Crippen molar-refractivity contribution in [1.82, 2.24) is 0 Å². The van der Waals surface area contributed by atoms with Gasteiger partial charge in [0.25, 0.3) is 0 Å². The van der Waals surface area contributed by atoms with Crippen molar-refractivity contribution in [1.29, 1.82) is 0 Å². The van der Waals surface area contributed by atoms with Gasteiger partial charge in [0.15, 0.2) is 0 Å². The Labute approximate surface area is 106 Å². The third-order valence-corrected chi connectivity index (χ3v) is 2.93. The first-order valence-corrected chi connectivity index (χ1v) is 5.87. The van der Waals surface area contributed by atoms with E-state index in [1.54, 1.807) is 18.2 Å². The fourth-order valence-corrected chi connectivity index (χ4v) is 1.92. The van der Waals surface area contributed by atoms with Gasteiger partial charge in [0.1, 0.15) is 5.75 Å². The summed E-state index contributed by atoms with van der Waals surface area (Å²) in [6.07, 6.45) is -1.48. The Morgan fingerprint density at radius 3 is 2.06 bits per heavy atom. The van der Waals surface area contributed by atoms with E-state index in [0.717, 1.165) is 5.56 Å². The molecule has 0 amide bonds. The van der Waals surface area contributed by atoms with Crippen LogP contribution in [-0.2, 0) is 0 Å². The van der Waals surface area contributed by atoms with E-state index in [4.69, 9.17) is 0 Å². The average Bonchev–Trinajstić information content (AvgIpc) is 2.40. The van der Waals surface area contributed by atoms with Gasteiger partial charge < -0.3 is 15.3 Å². The minimum Gasteiger partial charge on any atom is -0.508 e. The lowest BCUT2D eigenvalue weighted by Gasteiger charge is -2.17. The molecule has 18 heavy (non-hydrogen) atoms. The molecule has 0 heterocycles. The van der Waals surface area contributed by atoms with Gasteiger partial charge in [0.2, 0.25) is 0 Å². The standard InChI is InChI=1S/C15H16O3/c16-13-9-5-4-8-12(13)15(18)10-14(17)11-6-2-1-3-7-11/h1-9,14-18H,10H2. The van der Waals surface area contributed by atoms with Crippen LogP contribution >= 0.6 is 0 Å². The molecule has 3 nitrogen and oxygen atoms in total. The molecule has 0 aliphatic carbocycles. The summed E-state index contributed by atoms with van der Waals surface area (Å²) in [4.78, 5) is 0. The summed E-state index contributed by atoms with van der Waals surface area (Å²) in [6, 6.07) is 15.8. The second-order valence-corrected chi connectivity index (χ2v) is 4.24. The van der Waals surface area contributed by atoms with Gasteiger partial charge in [-0.2, -0.15) is 0 Å². The van der Waals surface area contributed by atoms with E-state index in [2.05, 4.69) is 0 Å². The van der Waals surface area contributed by atoms with Gasteiger partial charge in [-0.3, -0.25) is 0 Å². The van der Waals surface area contributed by atoms with E-state index in [-0.39, 0.29) is 12.2 Å². The number of benzene rings is 2. The number of para-hydroxylation sites is 1. The molecule has 0 saturated heterocycles. The first-order valence-electron chi connectivity index (χ1n) is 5.87. The number of hydrogen-bond donors (Lipinski definition) is 3. The molecule has 0 aromatic heterocycles. The number of hydrogen-bond acceptors (Lipinski definition) is 3. The zero-order valence-electron chi connectivity index (χ0n) is 9.90. The maximum absolute atomic E-state index is 10.0. The topological polar surface area (TPSA) is 60.7 Å². The van der Waals surface area contributed by atoms with Crippen LogP contribution in [0.4, 0.5) is 0 Å². The number of aliphatic hydroxyl groups excluding tert-OH is 2. The third-order valence-electron chi connectivity index (χ3n) is 2.93. The molecule has 0 spiro atoms. The van der Waals surface area contributed by atoms with Gasteiger partial charge in [0.05, 0.1) is 12.2 Å². The first kappa shape index (κ1) is 12.6. The molecule has 2 rings (SSSR count). The predicted molar refractivity (Wildman–Crippen MR) is 69.1 cm³/mol. The van der Waals surface area contributed by atoms with E-state index in [9.17, 15) is 15.3 Å². The molecule has 0 fully saturated rings. The van der Waals surface area contributed by atoms with Gasteiger partial charge in [-0.05, 0) is 11.6 Å². The molecule has 2 aromatic carbocycles. The fourth-order valence-electron chi connectivity index (χ4n) is 1.92. The van der Waals surface area contributed by atoms with Crippen LogP contribution < -0.4 is 0 Å². The van der Waals surface area contributed by atoms with Crippen LogP contribution in [-0.4, -0.2) is 15.3 Å². The van der Waals surface area contributed by atoms with Crippen LogP contribution in [0.5, 0.6) is 5.75 Å². The summed E-state index contributed by atoms with van der Waals surface area (Å²) in [6.45, 7) is 0. The summed E-state index contributed by atoms with van der Waals surface area (Å²) < 4.78 is 0. The van der Waals surface area contributed by atoms with Gasteiger partial charge >= 0.3 is 0 Å². The summed E-state index contributed by atoms with van der Waals surface area (Å²) in [7, 11) is 0. The highest BCUT2D eigenvalue weighted by atomic mass is 16.3. The molecule has 0 saturated carbocycles. The van der Waals surface area contributed by atoms with E-state index >= 15 is 0 Å². The molecule has 2 atom stereocenters. The highest BCUT2D eigenvalue weighted by molar-refractivity contribution is 5.33. The summed E-state index contributed by atoms with van der Waals surface area (Å²) in [5, 5.41) is 29.6. The SMILES string of the molecule is Oc1ccccc1C(O)CC(O)c1ccccc1. The number of aromatic hydroxyl groups is 1.